The van der Waals surface area contributed by atoms with E-state index >= 15 is 0 Å². The second-order valence-corrected chi connectivity index (χ2v) is 2.46. The first-order valence-electron chi connectivity index (χ1n) is 3.32. The minimum absolute atomic E-state index is 0. The van der Waals surface area contributed by atoms with Crippen molar-refractivity contribution in [2.45, 2.75) is 12.6 Å². The fourth-order valence-electron chi connectivity index (χ4n) is 0.898. The van der Waals surface area contributed by atoms with E-state index in [9.17, 15) is 13.2 Å². The molecule has 0 saturated carbocycles. The summed E-state index contributed by atoms with van der Waals surface area (Å²) in [6, 6.07) is 5.15. The molecule has 0 radical (unpaired) electrons. The zero-order valence-electron chi connectivity index (χ0n) is 6.51. The first-order chi connectivity index (χ1) is 5.47. The Hall–Kier alpha value is -0.658. The summed E-state index contributed by atoms with van der Waals surface area (Å²) in [6.07, 6.45) is -5.21. The molecule has 13 heavy (non-hydrogen) atoms. The zero-order valence-corrected chi connectivity index (χ0v) is 7.78. The maximum Gasteiger partial charge on any atom is 0.393 e. The third-order valence-corrected chi connectivity index (χ3v) is 1.32. The van der Waals surface area contributed by atoms with Crippen molar-refractivity contribution in [3.8, 4) is 5.75 Å². The van der Waals surface area contributed by atoms with Crippen molar-refractivity contribution in [2.24, 2.45) is 0 Å². The van der Waals surface area contributed by atoms with E-state index in [0.29, 0.717) is 0 Å². The third kappa shape index (κ3) is 4.81. The first-order valence-corrected chi connectivity index (χ1v) is 3.32. The fourth-order valence-corrected chi connectivity index (χ4v) is 0.898. The summed E-state index contributed by atoms with van der Waals surface area (Å²) in [5, 5.41) is 8.84. The summed E-state index contributed by atoms with van der Waals surface area (Å²) in [7, 11) is 0. The van der Waals surface area contributed by atoms with Gasteiger partial charge in [0.1, 0.15) is 5.75 Å². The van der Waals surface area contributed by atoms with Crippen molar-refractivity contribution in [3.05, 3.63) is 29.8 Å². The van der Waals surface area contributed by atoms with Gasteiger partial charge in [0.2, 0.25) is 0 Å². The van der Waals surface area contributed by atoms with Crippen LogP contribution < -0.4 is 0 Å². The van der Waals surface area contributed by atoms with Crippen LogP contribution >= 0.6 is 0 Å². The topological polar surface area (TPSA) is 20.2 Å². The number of hydrogen-bond donors (Lipinski definition) is 1. The van der Waals surface area contributed by atoms with Crippen molar-refractivity contribution in [1.29, 1.82) is 0 Å². The van der Waals surface area contributed by atoms with Crippen molar-refractivity contribution in [1.82, 2.24) is 0 Å². The molecule has 1 N–H and O–H groups in total. The molecule has 1 nitrogen and oxygen atoms in total. The number of phenols is 1. The normalized spacial score (nSPS) is 10.7. The number of aromatic hydroxyl groups is 1. The van der Waals surface area contributed by atoms with Gasteiger partial charge in [-0.1, -0.05) is 12.1 Å². The van der Waals surface area contributed by atoms with Crippen molar-refractivity contribution in [3.63, 3.8) is 0 Å². The number of halogens is 3. The van der Waals surface area contributed by atoms with Crippen LogP contribution in [0.1, 0.15) is 5.56 Å². The fraction of sp³-hybridized carbons (Fsp3) is 0.250. The van der Waals surface area contributed by atoms with Crippen LogP contribution in [-0.2, 0) is 23.8 Å². The van der Waals surface area contributed by atoms with Gasteiger partial charge in [-0.05, 0) is 17.7 Å². The molecule has 0 atom stereocenters. The molecule has 72 valence electrons. The molecule has 0 unspecified atom stereocenters. The summed E-state index contributed by atoms with van der Waals surface area (Å²) in [5.74, 6) is -0.142. The van der Waals surface area contributed by atoms with Gasteiger partial charge in [-0.2, -0.15) is 13.2 Å². The smallest absolute Gasteiger partial charge is 0.393 e. The molecule has 5 heteroatoms. The Balaban J connectivity index is 0.00000144. The molecule has 1 aromatic rings. The van der Waals surface area contributed by atoms with Gasteiger partial charge in [-0.15, -0.1) is 0 Å². The van der Waals surface area contributed by atoms with Crippen LogP contribution in [0.4, 0.5) is 13.2 Å². The molecule has 0 fully saturated rings. The van der Waals surface area contributed by atoms with Gasteiger partial charge >= 0.3 is 6.18 Å². The van der Waals surface area contributed by atoms with Crippen LogP contribution in [0.3, 0.4) is 0 Å². The molecule has 0 aliphatic carbocycles. The molecule has 0 heterocycles. The molecule has 0 saturated heterocycles. The number of hydrogen-bond acceptors (Lipinski definition) is 1. The van der Waals surface area contributed by atoms with Crippen molar-refractivity contribution < 1.29 is 35.6 Å². The number of rotatable bonds is 1. The van der Waals surface area contributed by atoms with E-state index in [-0.39, 0.29) is 28.7 Å². The predicted molar refractivity (Wildman–Crippen MR) is 37.9 cm³/mol. The average Bonchev–Trinajstić information content (AvgIpc) is 1.82. The summed E-state index contributed by atoms with van der Waals surface area (Å²) >= 11 is 0. The van der Waals surface area contributed by atoms with Gasteiger partial charge < -0.3 is 5.11 Å². The Morgan fingerprint density at radius 2 is 1.85 bits per heavy atom. The Morgan fingerprint density at radius 1 is 1.23 bits per heavy atom. The van der Waals surface area contributed by atoms with Crippen molar-refractivity contribution in [2.75, 3.05) is 0 Å². The van der Waals surface area contributed by atoms with E-state index in [0.717, 1.165) is 6.07 Å². The molecular weight excluding hydrogens is 221 g/mol. The van der Waals surface area contributed by atoms with Gasteiger partial charge in [0.05, 0.1) is 6.42 Å². The maximum atomic E-state index is 11.8. The second-order valence-electron chi connectivity index (χ2n) is 2.46. The molecule has 1 rings (SSSR count). The van der Waals surface area contributed by atoms with Crippen LogP contribution in [0.5, 0.6) is 5.75 Å². The van der Waals surface area contributed by atoms with Crippen LogP contribution in [-0.4, -0.2) is 11.3 Å². The van der Waals surface area contributed by atoms with Gasteiger partial charge in [0, 0.05) is 17.4 Å². The maximum absolute atomic E-state index is 11.8. The minimum atomic E-state index is -4.21. The minimum Gasteiger partial charge on any atom is -0.508 e. The quantitative estimate of drug-likeness (QED) is 0.782. The second kappa shape index (κ2) is 4.54. The Labute approximate surface area is 84.3 Å². The van der Waals surface area contributed by atoms with Crippen LogP contribution in [0.15, 0.2) is 24.3 Å². The molecule has 0 aliphatic heterocycles. The zero-order chi connectivity index (χ0) is 9.19. The average molecular weight is 228 g/mol. The van der Waals surface area contributed by atoms with Crippen LogP contribution in [0, 0.1) is 0 Å². The van der Waals surface area contributed by atoms with Crippen LogP contribution in [0.25, 0.3) is 0 Å². The molecule has 0 aliphatic rings. The summed E-state index contributed by atoms with van der Waals surface area (Å²) < 4.78 is 35.4. The number of alkyl halides is 3. The van der Waals surface area contributed by atoms with Gasteiger partial charge in [0.15, 0.2) is 0 Å². The SMILES string of the molecule is Oc1cccc(CC(F)(F)F)c1.[Cr]. The van der Waals surface area contributed by atoms with Crippen LogP contribution in [0.2, 0.25) is 0 Å². The molecule has 0 bridgehead atoms. The van der Waals surface area contributed by atoms with E-state index in [1.807, 2.05) is 0 Å². The predicted octanol–water partition coefficient (Wildman–Crippen LogP) is 2.49. The molecule has 0 spiro atoms. The number of phenolic OH excluding ortho intramolecular Hbond substituents is 1. The molecular formula is C8H7CrF3O. The largest absolute Gasteiger partial charge is 0.508 e. The number of benzene rings is 1. The van der Waals surface area contributed by atoms with Gasteiger partial charge in [-0.3, -0.25) is 0 Å². The summed E-state index contributed by atoms with van der Waals surface area (Å²) in [5.41, 5.74) is 0.0718. The van der Waals surface area contributed by atoms with E-state index in [1.165, 1.54) is 18.2 Å². The van der Waals surface area contributed by atoms with Gasteiger partial charge in [-0.25, -0.2) is 0 Å². The summed E-state index contributed by atoms with van der Waals surface area (Å²) in [6.45, 7) is 0. The summed E-state index contributed by atoms with van der Waals surface area (Å²) in [4.78, 5) is 0. The Kier molecular flexibility index (Phi) is 4.31. The Bertz CT molecular complexity index is 272. The monoisotopic (exact) mass is 228 g/mol. The first kappa shape index (κ1) is 12.3. The van der Waals surface area contributed by atoms with E-state index in [2.05, 4.69) is 0 Å². The molecule has 0 amide bonds. The van der Waals surface area contributed by atoms with Crippen molar-refractivity contribution >= 4 is 0 Å². The standard InChI is InChI=1S/C8H7F3O.Cr/c9-8(10,11)5-6-2-1-3-7(12)4-6;/h1-4,12H,5H2;. The molecule has 0 aromatic heterocycles. The molecule has 1 aromatic carbocycles. The van der Waals surface area contributed by atoms with E-state index < -0.39 is 12.6 Å². The van der Waals surface area contributed by atoms with E-state index in [4.69, 9.17) is 5.11 Å². The van der Waals surface area contributed by atoms with Gasteiger partial charge in [0.25, 0.3) is 0 Å². The Morgan fingerprint density at radius 3 is 2.31 bits per heavy atom. The third-order valence-electron chi connectivity index (χ3n) is 1.32. The van der Waals surface area contributed by atoms with E-state index in [1.54, 1.807) is 0 Å².